The Labute approximate surface area is 172 Å². The van der Waals surface area contributed by atoms with E-state index in [1.54, 1.807) is 0 Å². The van der Waals surface area contributed by atoms with Gasteiger partial charge in [-0.25, -0.2) is 0 Å². The number of hydrogen-bond donors (Lipinski definition) is 0. The normalized spacial score (nSPS) is 12.8. The molecule has 2 heteroatoms. The summed E-state index contributed by atoms with van der Waals surface area (Å²) < 4.78 is 0. The van der Waals surface area contributed by atoms with Crippen LogP contribution in [0.25, 0.3) is 22.0 Å². The molecule has 2 aromatic carbocycles. The van der Waals surface area contributed by atoms with E-state index in [0.717, 1.165) is 22.0 Å². The van der Waals surface area contributed by atoms with Crippen molar-refractivity contribution in [2.45, 2.75) is 72.1 Å². The quantitative estimate of drug-likeness (QED) is 0.475. The lowest BCUT2D eigenvalue weighted by molar-refractivity contribution is 0.569. The fraction of sp³-hybridized carbons (Fsp3) is 0.423. The van der Waals surface area contributed by atoms with Crippen LogP contribution in [0.2, 0.25) is 0 Å². The molecule has 0 saturated heterocycles. The molecule has 1 heterocycles. The molecule has 0 aliphatic carbocycles. The van der Waals surface area contributed by atoms with Crippen molar-refractivity contribution >= 4 is 24.2 Å². The van der Waals surface area contributed by atoms with E-state index in [1.165, 1.54) is 16.7 Å². The van der Waals surface area contributed by atoms with Gasteiger partial charge in [-0.15, -0.1) is 0 Å². The summed E-state index contributed by atoms with van der Waals surface area (Å²) in [6.07, 6.45) is 0. The minimum atomic E-state index is 0.0664. The highest BCUT2D eigenvalue weighted by Gasteiger charge is 2.22. The number of rotatable bonds is 2. The van der Waals surface area contributed by atoms with Gasteiger partial charge in [-0.1, -0.05) is 79.7 Å². The van der Waals surface area contributed by atoms with Crippen molar-refractivity contribution in [3.63, 3.8) is 0 Å². The second kappa shape index (κ2) is 7.06. The predicted octanol–water partition coefficient (Wildman–Crippen LogP) is 6.41. The number of nitrogens with zero attached hydrogens (tertiary/aromatic N) is 1. The molecule has 0 saturated carbocycles. The van der Waals surface area contributed by atoms with E-state index in [1.807, 2.05) is 6.07 Å². The molecule has 3 rings (SSSR count). The third kappa shape index (κ3) is 4.16. The van der Waals surface area contributed by atoms with Crippen molar-refractivity contribution in [2.24, 2.45) is 0 Å². The highest BCUT2D eigenvalue weighted by Crippen LogP contribution is 2.35. The van der Waals surface area contributed by atoms with E-state index in [0.29, 0.717) is 11.5 Å². The molecule has 0 N–H and O–H groups in total. The van der Waals surface area contributed by atoms with Gasteiger partial charge in [-0.2, -0.15) is 0 Å². The van der Waals surface area contributed by atoms with Gasteiger partial charge >= 0.3 is 0 Å². The van der Waals surface area contributed by atoms with Crippen molar-refractivity contribution in [3.05, 3.63) is 59.2 Å². The molecule has 0 aliphatic heterocycles. The van der Waals surface area contributed by atoms with Crippen molar-refractivity contribution < 1.29 is 0 Å². The molecule has 2 radical (unpaired) electrons. The molecule has 1 aromatic heterocycles. The summed E-state index contributed by atoms with van der Waals surface area (Å²) in [6, 6.07) is 15.6. The van der Waals surface area contributed by atoms with Crippen LogP contribution in [0.3, 0.4) is 0 Å². The maximum atomic E-state index is 6.22. The maximum absolute atomic E-state index is 6.22. The summed E-state index contributed by atoms with van der Waals surface area (Å²) in [5.74, 6) is 0.485. The fourth-order valence-electron chi connectivity index (χ4n) is 3.51. The lowest BCUT2D eigenvalue weighted by Gasteiger charge is -2.26. The van der Waals surface area contributed by atoms with Gasteiger partial charge < -0.3 is 0 Å². The Bertz CT molecular complexity index is 985. The summed E-state index contributed by atoms with van der Waals surface area (Å²) in [7, 11) is 6.22. The van der Waals surface area contributed by atoms with Crippen LogP contribution in [0, 0.1) is 0 Å². The van der Waals surface area contributed by atoms with Crippen LogP contribution in [-0.2, 0) is 10.8 Å². The molecular weight excluding hydrogens is 337 g/mol. The molecule has 0 atom stereocenters. The third-order valence-electron chi connectivity index (χ3n) is 5.48. The molecule has 0 amide bonds. The van der Waals surface area contributed by atoms with Gasteiger partial charge in [0.1, 0.15) is 7.85 Å². The van der Waals surface area contributed by atoms with Crippen LogP contribution in [-0.4, -0.2) is 12.8 Å². The summed E-state index contributed by atoms with van der Waals surface area (Å²) in [4.78, 5) is 4.77. The molecule has 144 valence electrons. The van der Waals surface area contributed by atoms with Crippen molar-refractivity contribution in [1.29, 1.82) is 0 Å². The standard InChI is InChI=1S/C26H32BN/c1-16(2)17-9-10-22-18(11-17)14-23(27)28-24(22)19-12-20(25(3,4)5)15-21(13-19)26(6,7)8/h9-16H,1-8H3. The van der Waals surface area contributed by atoms with Gasteiger partial charge in [0.05, 0.1) is 5.69 Å². The number of hydrogen-bond acceptors (Lipinski definition) is 1. The van der Waals surface area contributed by atoms with Gasteiger partial charge in [-0.05, 0) is 62.6 Å². The highest BCUT2D eigenvalue weighted by molar-refractivity contribution is 6.32. The van der Waals surface area contributed by atoms with Crippen molar-refractivity contribution in [1.82, 2.24) is 4.98 Å². The van der Waals surface area contributed by atoms with Crippen molar-refractivity contribution in [2.75, 3.05) is 0 Å². The first-order chi connectivity index (χ1) is 12.9. The number of benzene rings is 2. The van der Waals surface area contributed by atoms with E-state index >= 15 is 0 Å². The van der Waals surface area contributed by atoms with Crippen LogP contribution in [0.4, 0.5) is 0 Å². The first-order valence-corrected chi connectivity index (χ1v) is 10.2. The second-order valence-electron chi connectivity index (χ2n) is 10.3. The number of aromatic nitrogens is 1. The van der Waals surface area contributed by atoms with E-state index in [4.69, 9.17) is 12.8 Å². The minimum absolute atomic E-state index is 0.0664. The number of pyridine rings is 1. The zero-order valence-corrected chi connectivity index (χ0v) is 18.6. The summed E-state index contributed by atoms with van der Waals surface area (Å²) >= 11 is 0. The van der Waals surface area contributed by atoms with Gasteiger partial charge in [0.15, 0.2) is 0 Å². The largest absolute Gasteiger partial charge is 0.264 e. The second-order valence-corrected chi connectivity index (χ2v) is 10.3. The Kier molecular flexibility index (Phi) is 5.21. The first kappa shape index (κ1) is 20.6. The Balaban J connectivity index is 2.32. The summed E-state index contributed by atoms with van der Waals surface area (Å²) in [5.41, 5.74) is 6.80. The van der Waals surface area contributed by atoms with Crippen LogP contribution >= 0.6 is 0 Å². The zero-order chi connectivity index (χ0) is 20.9. The number of fused-ring (bicyclic) bond motifs is 1. The Morgan fingerprint density at radius 1 is 0.786 bits per heavy atom. The topological polar surface area (TPSA) is 12.9 Å². The monoisotopic (exact) mass is 369 g/mol. The summed E-state index contributed by atoms with van der Waals surface area (Å²) in [6.45, 7) is 18.0. The van der Waals surface area contributed by atoms with Gasteiger partial charge in [-0.3, -0.25) is 4.98 Å². The van der Waals surface area contributed by atoms with E-state index in [9.17, 15) is 0 Å². The average molecular weight is 369 g/mol. The SMILES string of the molecule is [B]c1cc2cc(C(C)C)ccc2c(-c2cc(C(C)(C)C)cc(C(C)(C)C)c2)n1. The lowest BCUT2D eigenvalue weighted by atomic mass is 9.79. The molecule has 0 fully saturated rings. The molecule has 0 unspecified atom stereocenters. The highest BCUT2D eigenvalue weighted by atomic mass is 14.7. The fourth-order valence-corrected chi connectivity index (χ4v) is 3.51. The lowest BCUT2D eigenvalue weighted by Crippen LogP contribution is -2.17. The third-order valence-corrected chi connectivity index (χ3v) is 5.48. The van der Waals surface area contributed by atoms with E-state index in [2.05, 4.69) is 91.8 Å². The molecule has 1 nitrogen and oxygen atoms in total. The van der Waals surface area contributed by atoms with E-state index in [-0.39, 0.29) is 10.8 Å². The van der Waals surface area contributed by atoms with Gasteiger partial charge in [0.25, 0.3) is 0 Å². The molecule has 0 bridgehead atoms. The molecule has 0 spiro atoms. The van der Waals surface area contributed by atoms with Crippen LogP contribution in [0.5, 0.6) is 0 Å². The maximum Gasteiger partial charge on any atom is 0.141 e. The molecule has 3 aromatic rings. The van der Waals surface area contributed by atoms with Crippen LogP contribution < -0.4 is 5.59 Å². The molecule has 28 heavy (non-hydrogen) atoms. The van der Waals surface area contributed by atoms with E-state index < -0.39 is 0 Å². The smallest absolute Gasteiger partial charge is 0.141 e. The first-order valence-electron chi connectivity index (χ1n) is 10.2. The average Bonchev–Trinajstić information content (AvgIpc) is 2.58. The Hall–Kier alpha value is -2.09. The van der Waals surface area contributed by atoms with Gasteiger partial charge in [0, 0.05) is 10.9 Å². The Morgan fingerprint density at radius 2 is 1.36 bits per heavy atom. The van der Waals surface area contributed by atoms with Crippen LogP contribution in [0.15, 0.2) is 42.5 Å². The van der Waals surface area contributed by atoms with Gasteiger partial charge in [0.2, 0.25) is 0 Å². The Morgan fingerprint density at radius 3 is 1.86 bits per heavy atom. The summed E-state index contributed by atoms with van der Waals surface area (Å²) in [5, 5.41) is 2.32. The molecule has 0 aliphatic rings. The predicted molar refractivity (Wildman–Crippen MR) is 124 cm³/mol. The van der Waals surface area contributed by atoms with Crippen molar-refractivity contribution in [3.8, 4) is 11.3 Å². The van der Waals surface area contributed by atoms with Crippen LogP contribution in [0.1, 0.15) is 78.0 Å². The minimum Gasteiger partial charge on any atom is -0.264 e. The zero-order valence-electron chi connectivity index (χ0n) is 18.6. The molecular formula is C26H32BN.